The van der Waals surface area contributed by atoms with Gasteiger partial charge in [-0.2, -0.15) is 0 Å². The first kappa shape index (κ1) is 29.3. The molecule has 0 aliphatic carbocycles. The van der Waals surface area contributed by atoms with Crippen LogP contribution in [-0.2, 0) is 16.1 Å². The Morgan fingerprint density at radius 1 is 0.973 bits per heavy atom. The van der Waals surface area contributed by atoms with E-state index in [9.17, 15) is 4.79 Å². The zero-order valence-electron chi connectivity index (χ0n) is 20.5. The molecule has 11 heteroatoms. The molecule has 1 unspecified atom stereocenters. The summed E-state index contributed by atoms with van der Waals surface area (Å²) < 4.78 is 51.4. The van der Waals surface area contributed by atoms with E-state index < -0.39 is 29.2 Å². The van der Waals surface area contributed by atoms with E-state index in [0.29, 0.717) is 22.6 Å². The standard InChI is InChI=1S/C26H27F2N3O5.ClH/c1-4-35-24(26(32)31-14-15-5-7-16(8-6-15)25(29)30)23-19(27)11-18(12-20(23)28)36-17-9-10-21(33-2)22(13-17)34-3;/h5-13,24H,4,14H2,1-3H3,(H3,29,30)(H,31,32);1H. The molecule has 1 amide bonds. The summed E-state index contributed by atoms with van der Waals surface area (Å²) in [4.78, 5) is 12.8. The molecule has 0 aliphatic rings. The maximum Gasteiger partial charge on any atom is 0.254 e. The number of methoxy groups -OCH3 is 2. The van der Waals surface area contributed by atoms with Gasteiger partial charge < -0.3 is 30.0 Å². The van der Waals surface area contributed by atoms with Gasteiger partial charge in [0.15, 0.2) is 17.6 Å². The minimum absolute atomic E-state index is 0. The molecule has 3 aromatic rings. The Hall–Kier alpha value is -3.89. The van der Waals surface area contributed by atoms with E-state index in [2.05, 4.69) is 5.32 Å². The van der Waals surface area contributed by atoms with Crippen LogP contribution < -0.4 is 25.3 Å². The number of nitrogen functional groups attached to an aromatic ring is 1. The topological polar surface area (TPSA) is 116 Å². The van der Waals surface area contributed by atoms with Crippen molar-refractivity contribution in [3.8, 4) is 23.0 Å². The number of carbonyl (C=O) groups is 1. The summed E-state index contributed by atoms with van der Waals surface area (Å²) in [6.07, 6.45) is -1.51. The molecule has 0 saturated heterocycles. The predicted molar refractivity (Wildman–Crippen MR) is 137 cm³/mol. The molecular weight excluding hydrogens is 508 g/mol. The number of hydrogen-bond donors (Lipinski definition) is 3. The zero-order valence-corrected chi connectivity index (χ0v) is 21.3. The molecule has 4 N–H and O–H groups in total. The normalized spacial score (nSPS) is 11.2. The van der Waals surface area contributed by atoms with Gasteiger partial charge >= 0.3 is 0 Å². The quantitative estimate of drug-likeness (QED) is 0.238. The van der Waals surface area contributed by atoms with Crippen LogP contribution in [0.5, 0.6) is 23.0 Å². The molecule has 0 spiro atoms. The van der Waals surface area contributed by atoms with Gasteiger partial charge in [-0.25, -0.2) is 8.78 Å². The second-order valence-corrected chi connectivity index (χ2v) is 7.58. The number of carbonyl (C=O) groups excluding carboxylic acids is 1. The van der Waals surface area contributed by atoms with Gasteiger partial charge in [-0.05, 0) is 24.6 Å². The number of amides is 1. The van der Waals surface area contributed by atoms with Crippen LogP contribution in [-0.4, -0.2) is 32.6 Å². The lowest BCUT2D eigenvalue weighted by Crippen LogP contribution is -2.31. The van der Waals surface area contributed by atoms with Crippen LogP contribution in [0.3, 0.4) is 0 Å². The van der Waals surface area contributed by atoms with Gasteiger partial charge in [-0.1, -0.05) is 24.3 Å². The van der Waals surface area contributed by atoms with Crippen molar-refractivity contribution in [3.05, 3.63) is 82.9 Å². The van der Waals surface area contributed by atoms with Crippen molar-refractivity contribution in [2.45, 2.75) is 19.6 Å². The van der Waals surface area contributed by atoms with Gasteiger partial charge in [-0.15, -0.1) is 12.4 Å². The number of nitrogens with one attached hydrogen (secondary N) is 2. The molecule has 0 radical (unpaired) electrons. The third-order valence-electron chi connectivity index (χ3n) is 5.21. The molecule has 198 valence electrons. The Labute approximate surface area is 219 Å². The van der Waals surface area contributed by atoms with Crippen molar-refractivity contribution in [1.82, 2.24) is 5.32 Å². The highest BCUT2D eigenvalue weighted by atomic mass is 35.5. The minimum atomic E-state index is -1.51. The van der Waals surface area contributed by atoms with Crippen molar-refractivity contribution in [2.24, 2.45) is 5.73 Å². The number of benzene rings is 3. The highest BCUT2D eigenvalue weighted by Crippen LogP contribution is 2.35. The number of amidine groups is 1. The highest BCUT2D eigenvalue weighted by molar-refractivity contribution is 5.94. The van der Waals surface area contributed by atoms with E-state index in [1.807, 2.05) is 0 Å². The molecule has 3 aromatic carbocycles. The molecule has 0 saturated carbocycles. The van der Waals surface area contributed by atoms with Crippen LogP contribution in [0, 0.1) is 17.0 Å². The fourth-order valence-corrected chi connectivity index (χ4v) is 3.43. The van der Waals surface area contributed by atoms with Crippen molar-refractivity contribution in [3.63, 3.8) is 0 Å². The molecule has 37 heavy (non-hydrogen) atoms. The fourth-order valence-electron chi connectivity index (χ4n) is 3.43. The Bertz CT molecular complexity index is 1220. The van der Waals surface area contributed by atoms with Gasteiger partial charge in [0.05, 0.1) is 19.8 Å². The molecule has 3 rings (SSSR count). The Morgan fingerprint density at radius 2 is 1.59 bits per heavy atom. The first-order valence-corrected chi connectivity index (χ1v) is 11.0. The number of nitrogens with two attached hydrogens (primary N) is 1. The molecule has 0 fully saturated rings. The van der Waals surface area contributed by atoms with Crippen molar-refractivity contribution in [1.29, 1.82) is 5.41 Å². The number of halogens is 3. The van der Waals surface area contributed by atoms with Crippen molar-refractivity contribution < 1.29 is 32.5 Å². The maximum atomic E-state index is 15.0. The molecule has 1 atom stereocenters. The smallest absolute Gasteiger partial charge is 0.254 e. The third-order valence-corrected chi connectivity index (χ3v) is 5.21. The summed E-state index contributed by atoms with van der Waals surface area (Å²) in [7, 11) is 2.94. The van der Waals surface area contributed by atoms with Crippen LogP contribution in [0.25, 0.3) is 0 Å². The van der Waals surface area contributed by atoms with E-state index >= 15 is 8.78 Å². The van der Waals surface area contributed by atoms with E-state index in [0.717, 1.165) is 12.1 Å². The van der Waals surface area contributed by atoms with Crippen molar-refractivity contribution >= 4 is 24.1 Å². The number of hydrogen-bond acceptors (Lipinski definition) is 6. The zero-order chi connectivity index (χ0) is 26.2. The van der Waals surface area contributed by atoms with Crippen LogP contribution in [0.4, 0.5) is 8.78 Å². The largest absolute Gasteiger partial charge is 0.493 e. The number of rotatable bonds is 11. The Morgan fingerprint density at radius 3 is 2.14 bits per heavy atom. The van der Waals surface area contributed by atoms with E-state index in [1.54, 1.807) is 43.3 Å². The van der Waals surface area contributed by atoms with Gasteiger partial charge in [0.25, 0.3) is 5.91 Å². The fraction of sp³-hybridized carbons (Fsp3) is 0.231. The third kappa shape index (κ3) is 7.31. The molecule has 0 bridgehead atoms. The maximum absolute atomic E-state index is 15.0. The summed E-state index contributed by atoms with van der Waals surface area (Å²) in [5.41, 5.74) is 6.16. The molecular formula is C26H28ClF2N3O5. The average Bonchev–Trinajstić information content (AvgIpc) is 2.86. The predicted octanol–water partition coefficient (Wildman–Crippen LogP) is 4.87. The Balaban J connectivity index is 0.00000481. The van der Waals surface area contributed by atoms with Gasteiger partial charge in [0.2, 0.25) is 0 Å². The molecule has 0 aromatic heterocycles. The van der Waals surface area contributed by atoms with Crippen LogP contribution in [0.1, 0.15) is 29.7 Å². The summed E-state index contributed by atoms with van der Waals surface area (Å²) in [5.74, 6) is -1.76. The molecule has 0 heterocycles. The summed E-state index contributed by atoms with van der Waals surface area (Å²) in [5, 5.41) is 10.1. The Kier molecular flexibility index (Phi) is 10.6. The average molecular weight is 536 g/mol. The molecule has 8 nitrogen and oxygen atoms in total. The second kappa shape index (κ2) is 13.4. The van der Waals surface area contributed by atoms with Gasteiger partial charge in [-0.3, -0.25) is 10.2 Å². The summed E-state index contributed by atoms with van der Waals surface area (Å²) >= 11 is 0. The van der Waals surface area contributed by atoms with E-state index in [4.69, 9.17) is 30.1 Å². The lowest BCUT2D eigenvalue weighted by Gasteiger charge is -2.19. The van der Waals surface area contributed by atoms with Crippen LogP contribution in [0.2, 0.25) is 0 Å². The summed E-state index contributed by atoms with van der Waals surface area (Å²) in [6, 6.07) is 13.3. The van der Waals surface area contributed by atoms with E-state index in [1.165, 1.54) is 20.3 Å². The van der Waals surface area contributed by atoms with Crippen molar-refractivity contribution in [2.75, 3.05) is 20.8 Å². The van der Waals surface area contributed by atoms with Gasteiger partial charge in [0.1, 0.15) is 29.0 Å². The SMILES string of the molecule is CCOC(C(=O)NCc1ccc(C(=N)N)cc1)c1c(F)cc(Oc2ccc(OC)c(OC)c2)cc1F.Cl. The van der Waals surface area contributed by atoms with Crippen LogP contribution in [0.15, 0.2) is 54.6 Å². The lowest BCUT2D eigenvalue weighted by molar-refractivity contribution is -0.133. The highest BCUT2D eigenvalue weighted by Gasteiger charge is 2.28. The second-order valence-electron chi connectivity index (χ2n) is 7.58. The van der Waals surface area contributed by atoms with Gasteiger partial charge in [0, 0.05) is 36.9 Å². The lowest BCUT2D eigenvalue weighted by atomic mass is 10.1. The first-order valence-electron chi connectivity index (χ1n) is 11.0. The van der Waals surface area contributed by atoms with E-state index in [-0.39, 0.29) is 42.9 Å². The minimum Gasteiger partial charge on any atom is -0.493 e. The summed E-state index contributed by atoms with van der Waals surface area (Å²) in [6.45, 7) is 1.75. The first-order chi connectivity index (χ1) is 17.3. The number of ether oxygens (including phenoxy) is 4. The van der Waals surface area contributed by atoms with Crippen LogP contribution >= 0.6 is 12.4 Å². The molecule has 0 aliphatic heterocycles. The monoisotopic (exact) mass is 535 g/mol.